The monoisotopic (exact) mass is 194 g/mol. The van der Waals surface area contributed by atoms with Gasteiger partial charge in [-0.3, -0.25) is 0 Å². The standard InChI is InChI=1S/C9H7ClN2O/c10-9-3-1-7(2-4-9)8(6-13)5-12-11/h1-6,8H. The fourth-order valence-electron chi connectivity index (χ4n) is 0.957. The minimum Gasteiger partial charge on any atom is -0.362 e. The van der Waals surface area contributed by atoms with Crippen LogP contribution in [0.2, 0.25) is 5.02 Å². The van der Waals surface area contributed by atoms with Gasteiger partial charge in [0.05, 0.1) is 0 Å². The van der Waals surface area contributed by atoms with E-state index in [0.717, 1.165) is 11.8 Å². The van der Waals surface area contributed by atoms with Crippen molar-refractivity contribution in [1.29, 1.82) is 0 Å². The van der Waals surface area contributed by atoms with E-state index >= 15 is 0 Å². The van der Waals surface area contributed by atoms with Crippen LogP contribution in [-0.4, -0.2) is 17.3 Å². The molecule has 0 aliphatic carbocycles. The second-order valence-electron chi connectivity index (χ2n) is 2.48. The number of hydrogen-bond donors (Lipinski definition) is 0. The lowest BCUT2D eigenvalue weighted by Gasteiger charge is -1.99. The van der Waals surface area contributed by atoms with Gasteiger partial charge in [-0.2, -0.15) is 4.79 Å². The van der Waals surface area contributed by atoms with E-state index in [1.54, 1.807) is 24.3 Å². The molecule has 66 valence electrons. The van der Waals surface area contributed by atoms with E-state index in [2.05, 4.69) is 4.79 Å². The maximum Gasteiger partial charge on any atom is 0.271 e. The van der Waals surface area contributed by atoms with Crippen molar-refractivity contribution in [3.8, 4) is 0 Å². The number of hydrogen-bond acceptors (Lipinski definition) is 1. The maximum absolute atomic E-state index is 10.5. The number of nitrogens with zero attached hydrogens (tertiary/aromatic N) is 2. The van der Waals surface area contributed by atoms with Crippen LogP contribution in [0.5, 0.6) is 0 Å². The Balaban J connectivity index is 2.98. The van der Waals surface area contributed by atoms with E-state index in [1.807, 2.05) is 0 Å². The highest BCUT2D eigenvalue weighted by Gasteiger charge is 2.10. The molecule has 0 fully saturated rings. The van der Waals surface area contributed by atoms with Crippen molar-refractivity contribution in [1.82, 2.24) is 0 Å². The molecule has 0 amide bonds. The minimum atomic E-state index is -0.512. The van der Waals surface area contributed by atoms with Crippen molar-refractivity contribution in [3.05, 3.63) is 40.4 Å². The molecule has 0 N–H and O–H groups in total. The molecule has 4 heteroatoms. The van der Waals surface area contributed by atoms with Crippen molar-refractivity contribution < 1.29 is 9.58 Å². The summed E-state index contributed by atoms with van der Waals surface area (Å²) in [6.45, 7) is 0. The average Bonchev–Trinajstić information content (AvgIpc) is 2.16. The smallest absolute Gasteiger partial charge is 0.271 e. The van der Waals surface area contributed by atoms with Gasteiger partial charge in [-0.05, 0) is 17.7 Å². The molecule has 0 saturated heterocycles. The van der Waals surface area contributed by atoms with Gasteiger partial charge in [-0.1, -0.05) is 23.7 Å². The highest BCUT2D eigenvalue weighted by molar-refractivity contribution is 6.30. The molecule has 0 aromatic heterocycles. The number of carbonyl (C=O) groups is 1. The molecule has 1 aromatic carbocycles. The molecule has 0 aliphatic rings. The Kier molecular flexibility index (Phi) is 3.38. The summed E-state index contributed by atoms with van der Waals surface area (Å²) in [6, 6.07) is 6.78. The number of benzene rings is 1. The zero-order valence-electron chi connectivity index (χ0n) is 6.72. The van der Waals surface area contributed by atoms with Gasteiger partial charge in [0.15, 0.2) is 0 Å². The van der Waals surface area contributed by atoms with Gasteiger partial charge in [0.1, 0.15) is 12.2 Å². The fourth-order valence-corrected chi connectivity index (χ4v) is 1.08. The lowest BCUT2D eigenvalue weighted by molar-refractivity contribution is -0.108. The second-order valence-corrected chi connectivity index (χ2v) is 2.91. The molecule has 1 atom stereocenters. The first-order valence-corrected chi connectivity index (χ1v) is 4.04. The third-order valence-corrected chi connectivity index (χ3v) is 1.88. The molecule has 0 aliphatic heterocycles. The first-order chi connectivity index (χ1) is 6.27. The number of halogens is 1. The van der Waals surface area contributed by atoms with Gasteiger partial charge in [-0.15, -0.1) is 0 Å². The molecule has 1 rings (SSSR count). The maximum atomic E-state index is 10.5. The number of carbonyl (C=O) groups excluding carboxylic acids is 1. The highest BCUT2D eigenvalue weighted by Crippen LogP contribution is 2.14. The van der Waals surface area contributed by atoms with E-state index in [4.69, 9.17) is 17.1 Å². The molecule has 13 heavy (non-hydrogen) atoms. The van der Waals surface area contributed by atoms with Gasteiger partial charge < -0.3 is 10.3 Å². The van der Waals surface area contributed by atoms with E-state index in [1.165, 1.54) is 0 Å². The van der Waals surface area contributed by atoms with Crippen LogP contribution < -0.4 is 0 Å². The van der Waals surface area contributed by atoms with Crippen LogP contribution >= 0.6 is 11.6 Å². The molecule has 0 radical (unpaired) electrons. The van der Waals surface area contributed by atoms with Crippen LogP contribution in [0, 0.1) is 0 Å². The van der Waals surface area contributed by atoms with Crippen LogP contribution in [0.25, 0.3) is 5.53 Å². The summed E-state index contributed by atoms with van der Waals surface area (Å²) in [5.41, 5.74) is 9.02. The Morgan fingerprint density at radius 2 is 2.00 bits per heavy atom. The van der Waals surface area contributed by atoms with Crippen molar-refractivity contribution in [2.24, 2.45) is 0 Å². The molecule has 0 bridgehead atoms. The number of rotatable bonds is 3. The summed E-state index contributed by atoms with van der Waals surface area (Å²) < 4.78 is 0. The zero-order chi connectivity index (χ0) is 9.68. The first-order valence-electron chi connectivity index (χ1n) is 3.66. The molecule has 3 nitrogen and oxygen atoms in total. The van der Waals surface area contributed by atoms with Crippen LogP contribution in [-0.2, 0) is 4.79 Å². The third-order valence-electron chi connectivity index (χ3n) is 1.63. The van der Waals surface area contributed by atoms with Gasteiger partial charge >= 0.3 is 0 Å². The second kappa shape index (κ2) is 4.55. The molecule has 1 unspecified atom stereocenters. The van der Waals surface area contributed by atoms with Crippen LogP contribution in [0.15, 0.2) is 24.3 Å². The van der Waals surface area contributed by atoms with E-state index < -0.39 is 5.92 Å². The van der Waals surface area contributed by atoms with Crippen LogP contribution in [0.1, 0.15) is 11.5 Å². The summed E-state index contributed by atoms with van der Waals surface area (Å²) in [4.78, 5) is 13.4. The van der Waals surface area contributed by atoms with Crippen molar-refractivity contribution in [3.63, 3.8) is 0 Å². The van der Waals surface area contributed by atoms with E-state index in [-0.39, 0.29) is 0 Å². The average molecular weight is 195 g/mol. The summed E-state index contributed by atoms with van der Waals surface area (Å²) in [5, 5.41) is 0.606. The normalized spacial score (nSPS) is 11.5. The molecular weight excluding hydrogens is 188 g/mol. The molecule has 0 spiro atoms. The Hall–Kier alpha value is -1.44. The van der Waals surface area contributed by atoms with Gasteiger partial charge in [0, 0.05) is 5.02 Å². The Morgan fingerprint density at radius 3 is 2.46 bits per heavy atom. The molecule has 0 heterocycles. The topological polar surface area (TPSA) is 53.5 Å². The zero-order valence-corrected chi connectivity index (χ0v) is 7.48. The largest absolute Gasteiger partial charge is 0.362 e. The Labute approximate surface area is 80.6 Å². The Bertz CT molecular complexity index is 341. The lowest BCUT2D eigenvalue weighted by atomic mass is 10.0. The molecule has 1 aromatic rings. The summed E-state index contributed by atoms with van der Waals surface area (Å²) in [5.74, 6) is -0.512. The summed E-state index contributed by atoms with van der Waals surface area (Å²) in [6.07, 6.45) is 1.86. The van der Waals surface area contributed by atoms with Gasteiger partial charge in [0.2, 0.25) is 0 Å². The van der Waals surface area contributed by atoms with Crippen molar-refractivity contribution in [2.75, 3.05) is 0 Å². The van der Waals surface area contributed by atoms with Gasteiger partial charge in [-0.25, -0.2) is 0 Å². The van der Waals surface area contributed by atoms with Gasteiger partial charge in [0.25, 0.3) is 6.21 Å². The van der Waals surface area contributed by atoms with E-state index in [9.17, 15) is 4.79 Å². The molecular formula is C9H7ClN2O. The highest BCUT2D eigenvalue weighted by atomic mass is 35.5. The number of aldehydes is 1. The van der Waals surface area contributed by atoms with E-state index in [0.29, 0.717) is 11.3 Å². The fraction of sp³-hybridized carbons (Fsp3) is 0.111. The first kappa shape index (κ1) is 9.65. The third kappa shape index (κ3) is 2.51. The molecule has 0 saturated carbocycles. The predicted octanol–water partition coefficient (Wildman–Crippen LogP) is 1.92. The van der Waals surface area contributed by atoms with Crippen molar-refractivity contribution in [2.45, 2.75) is 5.92 Å². The Morgan fingerprint density at radius 1 is 1.38 bits per heavy atom. The minimum absolute atomic E-state index is 0.512. The van der Waals surface area contributed by atoms with Crippen molar-refractivity contribution >= 4 is 24.1 Å². The predicted molar refractivity (Wildman–Crippen MR) is 49.9 cm³/mol. The lowest BCUT2D eigenvalue weighted by Crippen LogP contribution is -2.01. The summed E-state index contributed by atoms with van der Waals surface area (Å²) in [7, 11) is 0. The SMILES string of the molecule is [N-]=[N+]=CC(C=O)c1ccc(Cl)cc1. The summed E-state index contributed by atoms with van der Waals surface area (Å²) >= 11 is 5.67. The quantitative estimate of drug-likeness (QED) is 0.314. The van der Waals surface area contributed by atoms with Crippen LogP contribution in [0.4, 0.5) is 0 Å². The van der Waals surface area contributed by atoms with Crippen LogP contribution in [0.3, 0.4) is 0 Å².